The van der Waals surface area contributed by atoms with Crippen LogP contribution in [0.5, 0.6) is 0 Å². The first-order valence-corrected chi connectivity index (χ1v) is 5.92. The fraction of sp³-hybridized carbons (Fsp3) is 0.500. The van der Waals surface area contributed by atoms with Crippen molar-refractivity contribution in [1.82, 2.24) is 0 Å². The number of rotatable bonds is 7. The molecule has 0 aromatic heterocycles. The molecule has 4 nitrogen and oxygen atoms in total. The highest BCUT2D eigenvalue weighted by Crippen LogP contribution is 2.23. The van der Waals surface area contributed by atoms with Crippen molar-refractivity contribution in [2.75, 3.05) is 20.8 Å². The topological polar surface area (TPSA) is 55.8 Å². The first-order valence-electron chi connectivity index (χ1n) is 5.92. The molecule has 0 aliphatic rings. The van der Waals surface area contributed by atoms with Crippen LogP contribution in [-0.4, -0.2) is 31.9 Å². The van der Waals surface area contributed by atoms with Gasteiger partial charge in [-0.15, -0.1) is 0 Å². The van der Waals surface area contributed by atoms with Crippen molar-refractivity contribution in [1.29, 1.82) is 0 Å². The van der Waals surface area contributed by atoms with E-state index in [0.29, 0.717) is 13.0 Å². The minimum Gasteiger partial charge on any atom is -0.481 e. The van der Waals surface area contributed by atoms with E-state index in [9.17, 15) is 4.79 Å². The lowest BCUT2D eigenvalue weighted by Crippen LogP contribution is -2.16. The summed E-state index contributed by atoms with van der Waals surface area (Å²) < 4.78 is 10.5. The highest BCUT2D eigenvalue weighted by Gasteiger charge is 2.18. The zero-order valence-electron chi connectivity index (χ0n) is 11.1. The summed E-state index contributed by atoms with van der Waals surface area (Å²) in [6.45, 7) is 2.16. The van der Waals surface area contributed by atoms with Crippen molar-refractivity contribution >= 4 is 5.97 Å². The summed E-state index contributed by atoms with van der Waals surface area (Å²) in [7, 11) is 3.25. The number of hydrogen-bond donors (Lipinski definition) is 1. The van der Waals surface area contributed by atoms with Crippen LogP contribution in [0, 0.1) is 5.92 Å². The van der Waals surface area contributed by atoms with E-state index >= 15 is 0 Å². The molecule has 0 fully saturated rings. The van der Waals surface area contributed by atoms with Crippen LogP contribution in [0.2, 0.25) is 0 Å². The molecule has 0 spiro atoms. The molecule has 0 radical (unpaired) electrons. The van der Waals surface area contributed by atoms with Gasteiger partial charge in [-0.3, -0.25) is 4.79 Å². The van der Waals surface area contributed by atoms with Crippen molar-refractivity contribution < 1.29 is 19.4 Å². The predicted octanol–water partition coefficient (Wildman–Crippen LogP) is 2.28. The van der Waals surface area contributed by atoms with E-state index in [4.69, 9.17) is 14.6 Å². The third-order valence-corrected chi connectivity index (χ3v) is 2.95. The molecule has 100 valence electrons. The third kappa shape index (κ3) is 3.82. The summed E-state index contributed by atoms with van der Waals surface area (Å²) in [4.78, 5) is 10.9. The van der Waals surface area contributed by atoms with Gasteiger partial charge in [-0.2, -0.15) is 0 Å². The van der Waals surface area contributed by atoms with Crippen LogP contribution in [0.3, 0.4) is 0 Å². The Balaban J connectivity index is 2.94. The minimum absolute atomic E-state index is 0.160. The molecule has 0 aliphatic heterocycles. The lowest BCUT2D eigenvalue weighted by atomic mass is 9.94. The highest BCUT2D eigenvalue weighted by molar-refractivity contribution is 5.70. The van der Waals surface area contributed by atoms with E-state index in [0.717, 1.165) is 11.1 Å². The Morgan fingerprint density at radius 1 is 1.33 bits per heavy atom. The van der Waals surface area contributed by atoms with Crippen LogP contribution in [0.25, 0.3) is 0 Å². The largest absolute Gasteiger partial charge is 0.481 e. The summed E-state index contributed by atoms with van der Waals surface area (Å²) in [5.74, 6) is -1.20. The smallest absolute Gasteiger partial charge is 0.306 e. The molecule has 1 aromatic rings. The van der Waals surface area contributed by atoms with Gasteiger partial charge in [0.05, 0.1) is 12.5 Å². The fourth-order valence-corrected chi connectivity index (χ4v) is 1.89. The van der Waals surface area contributed by atoms with E-state index < -0.39 is 11.9 Å². The van der Waals surface area contributed by atoms with Crippen molar-refractivity contribution in [3.63, 3.8) is 0 Å². The molecule has 0 amide bonds. The molecule has 1 N–H and O–H groups in total. The summed E-state index contributed by atoms with van der Waals surface area (Å²) in [6.07, 6.45) is 0.335. The van der Waals surface area contributed by atoms with Crippen LogP contribution >= 0.6 is 0 Å². The summed E-state index contributed by atoms with van der Waals surface area (Å²) in [6, 6.07) is 7.73. The Morgan fingerprint density at radius 2 is 2.00 bits per heavy atom. The predicted molar refractivity (Wildman–Crippen MR) is 68.6 cm³/mol. The Labute approximate surface area is 108 Å². The molecule has 4 heteroatoms. The number of carboxylic acids is 1. The average molecular weight is 252 g/mol. The molecule has 2 unspecified atom stereocenters. The second-order valence-electron chi connectivity index (χ2n) is 4.32. The molecule has 1 aromatic carbocycles. The lowest BCUT2D eigenvalue weighted by molar-refractivity contribution is -0.141. The van der Waals surface area contributed by atoms with Gasteiger partial charge >= 0.3 is 5.97 Å². The van der Waals surface area contributed by atoms with Gasteiger partial charge < -0.3 is 14.6 Å². The number of methoxy groups -OCH3 is 2. The fourth-order valence-electron chi connectivity index (χ4n) is 1.89. The maximum Gasteiger partial charge on any atom is 0.306 e. The number of benzene rings is 1. The Hall–Kier alpha value is -1.39. The standard InChI is InChI=1S/C14H20O4/c1-10(14(15)16)8-11-6-4-5-7-12(11)13(18-3)9-17-2/h4-7,10,13H,8-9H2,1-3H3,(H,15,16). The quantitative estimate of drug-likeness (QED) is 0.809. The molecule has 0 bridgehead atoms. The van der Waals surface area contributed by atoms with Gasteiger partial charge in [0.2, 0.25) is 0 Å². The molecule has 18 heavy (non-hydrogen) atoms. The van der Waals surface area contributed by atoms with E-state index in [1.54, 1.807) is 21.1 Å². The van der Waals surface area contributed by atoms with Gasteiger partial charge in [0.25, 0.3) is 0 Å². The van der Waals surface area contributed by atoms with Crippen molar-refractivity contribution in [3.8, 4) is 0 Å². The Kier molecular flexibility index (Phi) is 5.82. The SMILES string of the molecule is COCC(OC)c1ccccc1CC(C)C(=O)O. The van der Waals surface area contributed by atoms with Crippen molar-refractivity contribution in [2.24, 2.45) is 5.92 Å². The van der Waals surface area contributed by atoms with Crippen LogP contribution in [-0.2, 0) is 20.7 Å². The van der Waals surface area contributed by atoms with Crippen LogP contribution in [0.15, 0.2) is 24.3 Å². The van der Waals surface area contributed by atoms with Crippen LogP contribution in [0.4, 0.5) is 0 Å². The van der Waals surface area contributed by atoms with Gasteiger partial charge in [-0.25, -0.2) is 0 Å². The molecule has 0 saturated carbocycles. The van der Waals surface area contributed by atoms with Gasteiger partial charge in [0.15, 0.2) is 0 Å². The van der Waals surface area contributed by atoms with Crippen molar-refractivity contribution in [2.45, 2.75) is 19.4 Å². The monoisotopic (exact) mass is 252 g/mol. The van der Waals surface area contributed by atoms with Gasteiger partial charge in [-0.1, -0.05) is 31.2 Å². The zero-order chi connectivity index (χ0) is 13.5. The van der Waals surface area contributed by atoms with E-state index in [1.807, 2.05) is 24.3 Å². The average Bonchev–Trinajstić information content (AvgIpc) is 2.36. The molecule has 2 atom stereocenters. The molecular weight excluding hydrogens is 232 g/mol. The minimum atomic E-state index is -0.787. The highest BCUT2D eigenvalue weighted by atomic mass is 16.5. The Bertz CT molecular complexity index is 389. The maximum absolute atomic E-state index is 10.9. The summed E-state index contributed by atoms with van der Waals surface area (Å²) in [5.41, 5.74) is 1.99. The summed E-state index contributed by atoms with van der Waals surface area (Å²) in [5, 5.41) is 8.98. The number of carbonyl (C=O) groups is 1. The first-order chi connectivity index (χ1) is 8.60. The van der Waals surface area contributed by atoms with E-state index in [2.05, 4.69) is 0 Å². The number of carboxylic acid groups (broad SMARTS) is 1. The molecule has 1 rings (SSSR count). The van der Waals surface area contributed by atoms with Gasteiger partial charge in [0, 0.05) is 14.2 Å². The molecule has 0 heterocycles. The number of ether oxygens (including phenoxy) is 2. The normalized spacial score (nSPS) is 14.2. The number of aliphatic carboxylic acids is 1. The van der Waals surface area contributed by atoms with Crippen molar-refractivity contribution in [3.05, 3.63) is 35.4 Å². The third-order valence-electron chi connectivity index (χ3n) is 2.95. The first kappa shape index (κ1) is 14.7. The maximum atomic E-state index is 10.9. The zero-order valence-corrected chi connectivity index (χ0v) is 11.1. The van der Waals surface area contributed by atoms with E-state index in [-0.39, 0.29) is 6.10 Å². The summed E-state index contributed by atoms with van der Waals surface area (Å²) >= 11 is 0. The molecule has 0 aliphatic carbocycles. The van der Waals surface area contributed by atoms with E-state index in [1.165, 1.54) is 0 Å². The van der Waals surface area contributed by atoms with Gasteiger partial charge in [-0.05, 0) is 17.5 Å². The second kappa shape index (κ2) is 7.13. The lowest BCUT2D eigenvalue weighted by Gasteiger charge is -2.19. The second-order valence-corrected chi connectivity index (χ2v) is 4.32. The number of hydrogen-bond acceptors (Lipinski definition) is 3. The molecular formula is C14H20O4. The Morgan fingerprint density at radius 3 is 2.56 bits per heavy atom. The molecule has 0 saturated heterocycles. The van der Waals surface area contributed by atoms with Crippen LogP contribution < -0.4 is 0 Å². The van der Waals surface area contributed by atoms with Crippen LogP contribution in [0.1, 0.15) is 24.2 Å². The van der Waals surface area contributed by atoms with Gasteiger partial charge in [0.1, 0.15) is 6.10 Å².